The zero-order valence-electron chi connectivity index (χ0n) is 10.7. The summed E-state index contributed by atoms with van der Waals surface area (Å²) in [6.45, 7) is 9.33. The van der Waals surface area contributed by atoms with Crippen molar-refractivity contribution in [3.63, 3.8) is 0 Å². The van der Waals surface area contributed by atoms with E-state index in [1.165, 1.54) is 0 Å². The van der Waals surface area contributed by atoms with Crippen molar-refractivity contribution in [3.8, 4) is 5.75 Å². The molecule has 1 rings (SSSR count). The third-order valence-electron chi connectivity index (χ3n) is 2.14. The highest BCUT2D eigenvalue weighted by molar-refractivity contribution is 9.11. The number of hydrogen-bond donors (Lipinski definition) is 1. The van der Waals surface area contributed by atoms with Crippen molar-refractivity contribution in [2.45, 2.75) is 39.3 Å². The van der Waals surface area contributed by atoms with E-state index in [-0.39, 0.29) is 11.6 Å². The average molecular weight is 365 g/mol. The van der Waals surface area contributed by atoms with Crippen molar-refractivity contribution in [3.05, 3.63) is 27.1 Å². The Morgan fingerprint density at radius 1 is 1.29 bits per heavy atom. The van der Waals surface area contributed by atoms with E-state index in [1.54, 1.807) is 0 Å². The van der Waals surface area contributed by atoms with Crippen LogP contribution in [0.25, 0.3) is 0 Å². The largest absolute Gasteiger partial charge is 0.488 e. The number of hydrogen-bond acceptors (Lipinski definition) is 2. The summed E-state index contributed by atoms with van der Waals surface area (Å²) in [5.74, 6) is 0.872. The molecule has 2 nitrogen and oxygen atoms in total. The first-order valence-electron chi connectivity index (χ1n) is 5.64. The van der Waals surface area contributed by atoms with E-state index in [2.05, 4.69) is 64.9 Å². The van der Waals surface area contributed by atoms with E-state index in [1.807, 2.05) is 18.2 Å². The van der Waals surface area contributed by atoms with Gasteiger partial charge < -0.3 is 10.1 Å². The van der Waals surface area contributed by atoms with Gasteiger partial charge in [0.25, 0.3) is 0 Å². The number of nitrogens with one attached hydrogen (secondary N) is 1. The number of rotatable bonds is 4. The summed E-state index contributed by atoms with van der Waals surface area (Å²) in [4.78, 5) is 0. The summed E-state index contributed by atoms with van der Waals surface area (Å²) in [7, 11) is 0. The Balaban J connectivity index is 2.53. The van der Waals surface area contributed by atoms with Crippen LogP contribution in [0.3, 0.4) is 0 Å². The van der Waals surface area contributed by atoms with Gasteiger partial charge in [0.2, 0.25) is 0 Å². The summed E-state index contributed by atoms with van der Waals surface area (Å²) in [5.41, 5.74) is 0.120. The summed E-state index contributed by atoms with van der Waals surface area (Å²) in [6, 6.07) is 5.92. The van der Waals surface area contributed by atoms with E-state index in [0.717, 1.165) is 21.2 Å². The lowest BCUT2D eigenvalue weighted by Crippen LogP contribution is -2.41. The fraction of sp³-hybridized carbons (Fsp3) is 0.538. The van der Waals surface area contributed by atoms with E-state index in [9.17, 15) is 0 Å². The maximum Gasteiger partial charge on any atom is 0.134 e. The minimum atomic E-state index is 0.120. The van der Waals surface area contributed by atoms with Gasteiger partial charge in [-0.15, -0.1) is 0 Å². The Labute approximate surface area is 120 Å². The predicted molar refractivity (Wildman–Crippen MR) is 79.7 cm³/mol. The van der Waals surface area contributed by atoms with Crippen LogP contribution in [-0.4, -0.2) is 18.2 Å². The van der Waals surface area contributed by atoms with E-state index < -0.39 is 0 Å². The zero-order valence-corrected chi connectivity index (χ0v) is 13.9. The van der Waals surface area contributed by atoms with Gasteiger partial charge in [0, 0.05) is 16.6 Å². The summed E-state index contributed by atoms with van der Waals surface area (Å²) < 4.78 is 7.87. The van der Waals surface area contributed by atoms with Crippen molar-refractivity contribution >= 4 is 31.9 Å². The normalized spacial score (nSPS) is 13.5. The van der Waals surface area contributed by atoms with Crippen molar-refractivity contribution in [1.82, 2.24) is 5.32 Å². The Morgan fingerprint density at radius 3 is 2.47 bits per heavy atom. The van der Waals surface area contributed by atoms with Crippen molar-refractivity contribution in [2.24, 2.45) is 0 Å². The van der Waals surface area contributed by atoms with Crippen LogP contribution in [0.2, 0.25) is 0 Å². The molecule has 0 heterocycles. The fourth-order valence-corrected chi connectivity index (χ4v) is 2.42. The Morgan fingerprint density at radius 2 is 1.94 bits per heavy atom. The van der Waals surface area contributed by atoms with Crippen LogP contribution in [0.5, 0.6) is 5.75 Å². The number of benzene rings is 1. The van der Waals surface area contributed by atoms with Gasteiger partial charge in [0.15, 0.2) is 0 Å². The molecule has 0 aliphatic heterocycles. The van der Waals surface area contributed by atoms with Crippen molar-refractivity contribution in [2.75, 3.05) is 6.54 Å². The third kappa shape index (κ3) is 5.89. The van der Waals surface area contributed by atoms with Crippen LogP contribution in [-0.2, 0) is 0 Å². The van der Waals surface area contributed by atoms with Crippen LogP contribution in [0.15, 0.2) is 27.1 Å². The monoisotopic (exact) mass is 363 g/mol. The van der Waals surface area contributed by atoms with Gasteiger partial charge in [0.1, 0.15) is 11.9 Å². The molecular weight excluding hydrogens is 346 g/mol. The van der Waals surface area contributed by atoms with Gasteiger partial charge in [-0.25, -0.2) is 0 Å². The van der Waals surface area contributed by atoms with Crippen LogP contribution in [0.4, 0.5) is 0 Å². The highest BCUT2D eigenvalue weighted by Gasteiger charge is 2.12. The molecule has 1 N–H and O–H groups in total. The first-order chi connectivity index (χ1) is 7.78. The number of halogens is 2. The SMILES string of the molecule is CC(CNC(C)(C)C)Oc1ccc(Br)cc1Br. The quantitative estimate of drug-likeness (QED) is 0.856. The molecule has 0 saturated carbocycles. The van der Waals surface area contributed by atoms with Gasteiger partial charge >= 0.3 is 0 Å². The molecule has 0 amide bonds. The molecule has 0 aliphatic rings. The van der Waals surface area contributed by atoms with Crippen LogP contribution >= 0.6 is 31.9 Å². The Kier molecular flexibility index (Phi) is 5.48. The second-order valence-corrected chi connectivity index (χ2v) is 6.90. The lowest BCUT2D eigenvalue weighted by atomic mass is 10.1. The van der Waals surface area contributed by atoms with Gasteiger partial charge in [-0.1, -0.05) is 15.9 Å². The molecule has 4 heteroatoms. The predicted octanol–water partition coefficient (Wildman–Crippen LogP) is 4.37. The molecule has 0 spiro atoms. The Hall–Kier alpha value is -0.0600. The average Bonchev–Trinajstić information content (AvgIpc) is 2.18. The summed E-state index contributed by atoms with van der Waals surface area (Å²) >= 11 is 6.91. The molecule has 1 aromatic rings. The fourth-order valence-electron chi connectivity index (χ4n) is 1.28. The molecule has 0 fully saturated rings. The highest BCUT2D eigenvalue weighted by Crippen LogP contribution is 2.28. The molecule has 0 saturated heterocycles. The first-order valence-corrected chi connectivity index (χ1v) is 7.23. The molecule has 1 unspecified atom stereocenters. The van der Waals surface area contributed by atoms with E-state index in [4.69, 9.17) is 4.74 Å². The molecule has 96 valence electrons. The minimum Gasteiger partial charge on any atom is -0.488 e. The van der Waals surface area contributed by atoms with Crippen LogP contribution in [0.1, 0.15) is 27.7 Å². The lowest BCUT2D eigenvalue weighted by molar-refractivity contribution is 0.202. The molecule has 17 heavy (non-hydrogen) atoms. The van der Waals surface area contributed by atoms with Crippen molar-refractivity contribution < 1.29 is 4.74 Å². The Bertz CT molecular complexity index is 374. The van der Waals surface area contributed by atoms with Gasteiger partial charge in [-0.3, -0.25) is 0 Å². The van der Waals surface area contributed by atoms with Crippen LogP contribution in [0, 0.1) is 0 Å². The van der Waals surface area contributed by atoms with Crippen molar-refractivity contribution in [1.29, 1.82) is 0 Å². The number of ether oxygens (including phenoxy) is 1. The van der Waals surface area contributed by atoms with Gasteiger partial charge in [0.05, 0.1) is 4.47 Å². The third-order valence-corrected chi connectivity index (χ3v) is 3.25. The minimum absolute atomic E-state index is 0.120. The molecular formula is C13H19Br2NO. The maximum absolute atomic E-state index is 5.87. The highest BCUT2D eigenvalue weighted by atomic mass is 79.9. The lowest BCUT2D eigenvalue weighted by Gasteiger charge is -2.24. The topological polar surface area (TPSA) is 21.3 Å². The molecule has 0 bridgehead atoms. The molecule has 0 aliphatic carbocycles. The van der Waals surface area contributed by atoms with Crippen LogP contribution < -0.4 is 10.1 Å². The van der Waals surface area contributed by atoms with E-state index >= 15 is 0 Å². The van der Waals surface area contributed by atoms with Gasteiger partial charge in [-0.05, 0) is 61.8 Å². The molecule has 1 aromatic carbocycles. The summed E-state index contributed by atoms with van der Waals surface area (Å²) in [6.07, 6.45) is 0.131. The second kappa shape index (κ2) is 6.21. The smallest absolute Gasteiger partial charge is 0.134 e. The second-order valence-electron chi connectivity index (χ2n) is 5.13. The first kappa shape index (κ1) is 15.0. The van der Waals surface area contributed by atoms with Gasteiger partial charge in [-0.2, -0.15) is 0 Å². The summed E-state index contributed by atoms with van der Waals surface area (Å²) in [5, 5.41) is 3.42. The molecule has 1 atom stereocenters. The zero-order chi connectivity index (χ0) is 13.1. The standard InChI is InChI=1S/C13H19Br2NO/c1-9(8-16-13(2,3)4)17-12-6-5-10(14)7-11(12)15/h5-7,9,16H,8H2,1-4H3. The van der Waals surface area contributed by atoms with E-state index in [0.29, 0.717) is 0 Å². The molecule has 0 aromatic heterocycles. The molecule has 0 radical (unpaired) electrons. The maximum atomic E-state index is 5.87.